The smallest absolute Gasteiger partial charge is 0.329 e. The summed E-state index contributed by atoms with van der Waals surface area (Å²) in [4.78, 5) is 32.1. The maximum absolute atomic E-state index is 13.1. The number of rotatable bonds is 6. The molecule has 0 saturated heterocycles. The van der Waals surface area contributed by atoms with Crippen molar-refractivity contribution in [3.8, 4) is 5.75 Å². The van der Waals surface area contributed by atoms with Gasteiger partial charge in [-0.1, -0.05) is 0 Å². The van der Waals surface area contributed by atoms with Crippen LogP contribution in [-0.4, -0.2) is 35.9 Å². The highest BCUT2D eigenvalue weighted by atomic mass is 19.1. The Kier molecular flexibility index (Phi) is 4.99. The minimum Gasteiger partial charge on any atom is -0.491 e. The summed E-state index contributed by atoms with van der Waals surface area (Å²) in [5.41, 5.74) is 0.0707. The lowest BCUT2D eigenvalue weighted by atomic mass is 10.2. The number of hydrogen-bond acceptors (Lipinski definition) is 4. The van der Waals surface area contributed by atoms with Gasteiger partial charge in [-0.2, -0.15) is 0 Å². The molecule has 0 aromatic heterocycles. The number of nitrogens with one attached hydrogen (secondary N) is 1. The van der Waals surface area contributed by atoms with Crippen molar-refractivity contribution >= 4 is 18.2 Å². The highest BCUT2D eigenvalue weighted by Gasteiger charge is 2.19. The number of halogens is 1. The van der Waals surface area contributed by atoms with Crippen molar-refractivity contribution in [1.82, 2.24) is 5.32 Å². The van der Waals surface area contributed by atoms with Crippen molar-refractivity contribution in [2.75, 3.05) is 6.61 Å². The van der Waals surface area contributed by atoms with Crippen LogP contribution in [0.25, 0.3) is 0 Å². The molecule has 0 fully saturated rings. The molecule has 1 amide bonds. The van der Waals surface area contributed by atoms with Crippen LogP contribution in [0.4, 0.5) is 4.39 Å². The quantitative estimate of drug-likeness (QED) is 0.738. The van der Waals surface area contributed by atoms with Gasteiger partial charge in [0.15, 0.2) is 6.04 Å². The van der Waals surface area contributed by atoms with Gasteiger partial charge in [-0.3, -0.25) is 9.59 Å². The van der Waals surface area contributed by atoms with Crippen LogP contribution < -0.4 is 10.1 Å². The number of ether oxygens (including phenoxy) is 1. The van der Waals surface area contributed by atoms with Gasteiger partial charge in [0.05, 0.1) is 0 Å². The monoisotopic (exact) mass is 269 g/mol. The molecular formula is C12H12FNO5. The molecule has 1 rings (SSSR count). The van der Waals surface area contributed by atoms with Gasteiger partial charge in [0.1, 0.15) is 24.5 Å². The second-order valence-corrected chi connectivity index (χ2v) is 3.74. The molecule has 0 bridgehead atoms. The van der Waals surface area contributed by atoms with Crippen molar-refractivity contribution in [3.05, 3.63) is 29.6 Å². The number of amides is 1. The van der Waals surface area contributed by atoms with E-state index in [-0.39, 0.29) is 17.9 Å². The third kappa shape index (κ3) is 4.74. The first-order valence-corrected chi connectivity index (χ1v) is 5.31. The van der Waals surface area contributed by atoms with Gasteiger partial charge in [-0.05, 0) is 12.1 Å². The Bertz CT molecular complexity index is 503. The Labute approximate surface area is 108 Å². The van der Waals surface area contributed by atoms with Gasteiger partial charge >= 0.3 is 5.97 Å². The van der Waals surface area contributed by atoms with Crippen LogP contribution in [0.3, 0.4) is 0 Å². The fourth-order valence-electron chi connectivity index (χ4n) is 1.34. The van der Waals surface area contributed by atoms with Crippen LogP contribution in [0, 0.1) is 5.82 Å². The van der Waals surface area contributed by atoms with Gasteiger partial charge < -0.3 is 15.2 Å². The Morgan fingerprint density at radius 1 is 1.47 bits per heavy atom. The predicted molar refractivity (Wildman–Crippen MR) is 62.5 cm³/mol. The summed E-state index contributed by atoms with van der Waals surface area (Å²) in [5, 5.41) is 11.0. The molecule has 0 aliphatic carbocycles. The van der Waals surface area contributed by atoms with Gasteiger partial charge in [0, 0.05) is 18.6 Å². The zero-order valence-electron chi connectivity index (χ0n) is 10.1. The van der Waals surface area contributed by atoms with Crippen LogP contribution in [0.2, 0.25) is 0 Å². The minimum absolute atomic E-state index is 0.0127. The summed E-state index contributed by atoms with van der Waals surface area (Å²) in [6.07, 6.45) is 0.443. The van der Waals surface area contributed by atoms with E-state index in [0.29, 0.717) is 6.29 Å². The minimum atomic E-state index is -1.28. The Morgan fingerprint density at radius 3 is 2.68 bits per heavy atom. The van der Waals surface area contributed by atoms with Crippen LogP contribution in [0.5, 0.6) is 5.75 Å². The van der Waals surface area contributed by atoms with Crippen molar-refractivity contribution < 1.29 is 28.6 Å². The molecule has 1 aromatic carbocycles. The van der Waals surface area contributed by atoms with Crippen molar-refractivity contribution in [2.45, 2.75) is 13.0 Å². The second-order valence-electron chi connectivity index (χ2n) is 3.74. The lowest BCUT2D eigenvalue weighted by Crippen LogP contribution is -2.43. The molecule has 0 saturated carbocycles. The number of aldehydes is 1. The summed E-state index contributed by atoms with van der Waals surface area (Å²) >= 11 is 0. The summed E-state index contributed by atoms with van der Waals surface area (Å²) in [7, 11) is 0. The highest BCUT2D eigenvalue weighted by molar-refractivity contribution is 5.82. The van der Waals surface area contributed by atoms with E-state index in [1.165, 1.54) is 13.0 Å². The molecule has 6 nitrogen and oxygen atoms in total. The van der Waals surface area contributed by atoms with E-state index in [1.54, 1.807) is 0 Å². The predicted octanol–water partition coefficient (Wildman–Crippen LogP) is 0.606. The zero-order chi connectivity index (χ0) is 14.4. The van der Waals surface area contributed by atoms with Crippen molar-refractivity contribution in [1.29, 1.82) is 0 Å². The molecule has 1 unspecified atom stereocenters. The van der Waals surface area contributed by atoms with E-state index in [0.717, 1.165) is 12.1 Å². The van der Waals surface area contributed by atoms with E-state index in [9.17, 15) is 18.8 Å². The summed E-state index contributed by atoms with van der Waals surface area (Å²) in [5.74, 6) is -2.46. The average Bonchev–Trinajstić information content (AvgIpc) is 2.33. The Hall–Kier alpha value is -2.44. The molecule has 102 valence electrons. The van der Waals surface area contributed by atoms with Crippen LogP contribution in [0.15, 0.2) is 18.2 Å². The van der Waals surface area contributed by atoms with Gasteiger partial charge in [-0.15, -0.1) is 0 Å². The highest BCUT2D eigenvalue weighted by Crippen LogP contribution is 2.15. The fraction of sp³-hybridized carbons (Fsp3) is 0.250. The van der Waals surface area contributed by atoms with Gasteiger partial charge in [0.2, 0.25) is 5.91 Å². The molecule has 7 heteroatoms. The number of hydrogen-bond donors (Lipinski definition) is 2. The number of carboxylic acids is 1. The molecule has 0 spiro atoms. The third-order valence-corrected chi connectivity index (χ3v) is 2.12. The molecule has 0 aliphatic heterocycles. The molecule has 2 N–H and O–H groups in total. The third-order valence-electron chi connectivity index (χ3n) is 2.12. The number of carboxylic acid groups (broad SMARTS) is 1. The van der Waals surface area contributed by atoms with Crippen molar-refractivity contribution in [2.24, 2.45) is 0 Å². The zero-order valence-corrected chi connectivity index (χ0v) is 10.1. The van der Waals surface area contributed by atoms with Gasteiger partial charge in [-0.25, -0.2) is 9.18 Å². The summed E-state index contributed by atoms with van der Waals surface area (Å²) < 4.78 is 18.1. The maximum atomic E-state index is 13.1. The summed E-state index contributed by atoms with van der Waals surface area (Å²) in [6.45, 7) is 0.791. The van der Waals surface area contributed by atoms with E-state index >= 15 is 0 Å². The normalized spacial score (nSPS) is 11.5. The van der Waals surface area contributed by atoms with E-state index in [1.807, 2.05) is 0 Å². The average molecular weight is 269 g/mol. The molecule has 0 radical (unpaired) electrons. The summed E-state index contributed by atoms with van der Waals surface area (Å²) in [6, 6.07) is 2.05. The SMILES string of the molecule is CC(=O)NC(COc1cc(F)cc(C=O)c1)C(=O)O. The van der Waals surface area contributed by atoms with Crippen LogP contribution >= 0.6 is 0 Å². The largest absolute Gasteiger partial charge is 0.491 e. The number of carbonyl (C=O) groups is 3. The van der Waals surface area contributed by atoms with Crippen LogP contribution in [0.1, 0.15) is 17.3 Å². The van der Waals surface area contributed by atoms with E-state index in [4.69, 9.17) is 9.84 Å². The first-order valence-electron chi connectivity index (χ1n) is 5.31. The molecule has 1 aromatic rings. The Balaban J connectivity index is 2.73. The molecule has 1 atom stereocenters. The fourth-order valence-corrected chi connectivity index (χ4v) is 1.34. The maximum Gasteiger partial charge on any atom is 0.329 e. The van der Waals surface area contributed by atoms with Crippen molar-refractivity contribution in [3.63, 3.8) is 0 Å². The standard InChI is InChI=1S/C12H12FNO5/c1-7(16)14-11(12(17)18)6-19-10-3-8(5-15)2-9(13)4-10/h2-5,11H,6H2,1H3,(H,14,16)(H,17,18). The number of benzene rings is 1. The molecule has 0 aliphatic rings. The lowest BCUT2D eigenvalue weighted by Gasteiger charge is -2.14. The molecule has 0 heterocycles. The first-order chi connectivity index (χ1) is 8.92. The molecular weight excluding hydrogens is 257 g/mol. The Morgan fingerprint density at radius 2 is 2.16 bits per heavy atom. The second kappa shape index (κ2) is 6.48. The number of carbonyl (C=O) groups excluding carboxylic acids is 2. The van der Waals surface area contributed by atoms with E-state index in [2.05, 4.69) is 5.32 Å². The molecule has 19 heavy (non-hydrogen) atoms. The lowest BCUT2D eigenvalue weighted by molar-refractivity contribution is -0.142. The van der Waals surface area contributed by atoms with Crippen LogP contribution in [-0.2, 0) is 9.59 Å². The topological polar surface area (TPSA) is 92.7 Å². The van der Waals surface area contributed by atoms with Gasteiger partial charge in [0.25, 0.3) is 0 Å². The van der Waals surface area contributed by atoms with E-state index < -0.39 is 23.7 Å². The number of aliphatic carboxylic acids is 1. The first kappa shape index (κ1) is 14.6.